The molecule has 64 valence electrons. The Balaban J connectivity index is 3.63. The zero-order valence-electron chi connectivity index (χ0n) is 7.13. The maximum Gasteiger partial charge on any atom is 0.177 e. The van der Waals surface area contributed by atoms with Crippen LogP contribution in [0, 0.1) is 0 Å². The van der Waals surface area contributed by atoms with Gasteiger partial charge >= 0.3 is 0 Å². The van der Waals surface area contributed by atoms with Crippen LogP contribution in [0.4, 0.5) is 0 Å². The van der Waals surface area contributed by atoms with Gasteiger partial charge in [-0.05, 0) is 12.8 Å². The maximum atomic E-state index is 10.7. The van der Waals surface area contributed by atoms with Gasteiger partial charge in [-0.2, -0.15) is 0 Å². The van der Waals surface area contributed by atoms with Gasteiger partial charge in [0.05, 0.1) is 0 Å². The van der Waals surface area contributed by atoms with Crippen molar-refractivity contribution >= 4 is 11.5 Å². The first-order chi connectivity index (χ1) is 5.22. The number of hydrogen-bond acceptors (Lipinski definition) is 3. The van der Waals surface area contributed by atoms with Gasteiger partial charge in [0.25, 0.3) is 0 Å². The summed E-state index contributed by atoms with van der Waals surface area (Å²) >= 11 is 0. The van der Waals surface area contributed by atoms with Crippen LogP contribution in [0.2, 0.25) is 0 Å². The molecule has 0 unspecified atom stereocenters. The van der Waals surface area contributed by atoms with E-state index in [0.717, 1.165) is 19.3 Å². The second kappa shape index (κ2) is 5.89. The number of carbonyl (C=O) groups is 1. The van der Waals surface area contributed by atoms with Crippen molar-refractivity contribution in [2.45, 2.75) is 39.5 Å². The Bertz CT molecular complexity index is 152. The van der Waals surface area contributed by atoms with E-state index in [1.807, 2.05) is 0 Å². The molecule has 11 heavy (non-hydrogen) atoms. The molecule has 0 bridgehead atoms. The third-order valence-corrected chi connectivity index (χ3v) is 1.54. The molecular weight excluding hydrogens is 142 g/mol. The lowest BCUT2D eigenvalue weighted by atomic mass is 10.1. The lowest BCUT2D eigenvalue weighted by Gasteiger charge is -1.97. The van der Waals surface area contributed by atoms with Crippen LogP contribution in [0.3, 0.4) is 0 Å². The third-order valence-electron chi connectivity index (χ3n) is 1.54. The minimum Gasteiger partial charge on any atom is -0.411 e. The second-order valence-corrected chi connectivity index (χ2v) is 2.56. The van der Waals surface area contributed by atoms with Crippen molar-refractivity contribution in [1.82, 2.24) is 0 Å². The second-order valence-electron chi connectivity index (χ2n) is 2.56. The third kappa shape index (κ3) is 4.53. The molecule has 0 aromatic heterocycles. The summed E-state index contributed by atoms with van der Waals surface area (Å²) in [5, 5.41) is 11.3. The number of nitrogens with zero attached hydrogens (tertiary/aromatic N) is 1. The maximum absolute atomic E-state index is 10.7. The summed E-state index contributed by atoms with van der Waals surface area (Å²) in [5.74, 6) is -0.136. The van der Waals surface area contributed by atoms with Gasteiger partial charge in [0.2, 0.25) is 0 Å². The fourth-order valence-corrected chi connectivity index (χ4v) is 0.839. The van der Waals surface area contributed by atoms with Crippen LogP contribution >= 0.6 is 0 Å². The smallest absolute Gasteiger partial charge is 0.177 e. The Morgan fingerprint density at radius 1 is 1.45 bits per heavy atom. The normalized spacial score (nSPS) is 11.6. The number of hydrogen-bond donors (Lipinski definition) is 1. The molecule has 0 heterocycles. The molecule has 0 amide bonds. The summed E-state index contributed by atoms with van der Waals surface area (Å²) < 4.78 is 0. The van der Waals surface area contributed by atoms with E-state index in [4.69, 9.17) is 5.21 Å². The SMILES string of the molecule is CCCCC/C(=N/O)C(C)=O. The van der Waals surface area contributed by atoms with Crippen molar-refractivity contribution < 1.29 is 10.0 Å². The monoisotopic (exact) mass is 157 g/mol. The van der Waals surface area contributed by atoms with Crippen LogP contribution in [-0.2, 0) is 4.79 Å². The first-order valence-electron chi connectivity index (χ1n) is 3.94. The van der Waals surface area contributed by atoms with Crippen molar-refractivity contribution in [2.24, 2.45) is 5.16 Å². The van der Waals surface area contributed by atoms with E-state index in [2.05, 4.69) is 12.1 Å². The summed E-state index contributed by atoms with van der Waals surface area (Å²) in [5.41, 5.74) is 0.290. The highest BCUT2D eigenvalue weighted by Gasteiger charge is 2.04. The van der Waals surface area contributed by atoms with E-state index in [-0.39, 0.29) is 5.78 Å². The van der Waals surface area contributed by atoms with Crippen LogP contribution in [0.5, 0.6) is 0 Å². The Hall–Kier alpha value is -0.860. The zero-order valence-corrected chi connectivity index (χ0v) is 7.13. The van der Waals surface area contributed by atoms with Crippen LogP contribution in [0.1, 0.15) is 39.5 Å². The van der Waals surface area contributed by atoms with Crippen molar-refractivity contribution in [3.8, 4) is 0 Å². The van der Waals surface area contributed by atoms with Crippen LogP contribution in [-0.4, -0.2) is 16.7 Å². The minimum absolute atomic E-state index is 0.136. The minimum atomic E-state index is -0.136. The van der Waals surface area contributed by atoms with Crippen molar-refractivity contribution in [3.63, 3.8) is 0 Å². The van der Waals surface area contributed by atoms with E-state index in [0.29, 0.717) is 12.1 Å². The van der Waals surface area contributed by atoms with Crippen molar-refractivity contribution in [3.05, 3.63) is 0 Å². The summed E-state index contributed by atoms with van der Waals surface area (Å²) in [6, 6.07) is 0. The predicted molar refractivity (Wildman–Crippen MR) is 44.0 cm³/mol. The predicted octanol–water partition coefficient (Wildman–Crippen LogP) is 1.99. The first-order valence-corrected chi connectivity index (χ1v) is 3.94. The van der Waals surface area contributed by atoms with E-state index in [1.165, 1.54) is 6.92 Å². The van der Waals surface area contributed by atoms with Gasteiger partial charge in [0.15, 0.2) is 5.78 Å². The molecular formula is C8H15NO2. The Morgan fingerprint density at radius 2 is 2.09 bits per heavy atom. The molecule has 0 rings (SSSR count). The molecule has 0 aromatic carbocycles. The average molecular weight is 157 g/mol. The quantitative estimate of drug-likeness (QED) is 0.287. The number of oxime groups is 1. The van der Waals surface area contributed by atoms with Gasteiger partial charge in [0.1, 0.15) is 5.71 Å². The Morgan fingerprint density at radius 3 is 2.45 bits per heavy atom. The summed E-state index contributed by atoms with van der Waals surface area (Å²) in [7, 11) is 0. The highest BCUT2D eigenvalue weighted by Crippen LogP contribution is 2.01. The van der Waals surface area contributed by atoms with Crippen molar-refractivity contribution in [2.75, 3.05) is 0 Å². The lowest BCUT2D eigenvalue weighted by Crippen LogP contribution is -2.09. The summed E-state index contributed by atoms with van der Waals surface area (Å²) in [6.07, 6.45) is 3.71. The van der Waals surface area contributed by atoms with Crippen LogP contribution in [0.15, 0.2) is 5.16 Å². The van der Waals surface area contributed by atoms with Crippen LogP contribution in [0.25, 0.3) is 0 Å². The topological polar surface area (TPSA) is 49.7 Å². The molecule has 0 atom stereocenters. The highest BCUT2D eigenvalue weighted by molar-refractivity contribution is 6.38. The molecule has 0 radical (unpaired) electrons. The Labute approximate surface area is 67.1 Å². The molecule has 3 nitrogen and oxygen atoms in total. The largest absolute Gasteiger partial charge is 0.411 e. The highest BCUT2D eigenvalue weighted by atomic mass is 16.4. The number of ketones is 1. The van der Waals surface area contributed by atoms with Crippen LogP contribution < -0.4 is 0 Å². The van der Waals surface area contributed by atoms with Gasteiger partial charge in [-0.25, -0.2) is 0 Å². The first kappa shape index (κ1) is 10.1. The Kier molecular flexibility index (Phi) is 5.43. The molecule has 3 heteroatoms. The van der Waals surface area contributed by atoms with Gasteiger partial charge in [-0.3, -0.25) is 4.79 Å². The average Bonchev–Trinajstić information content (AvgIpc) is 1.97. The van der Waals surface area contributed by atoms with Gasteiger partial charge in [-0.15, -0.1) is 0 Å². The molecule has 0 saturated heterocycles. The van der Waals surface area contributed by atoms with Gasteiger partial charge < -0.3 is 5.21 Å². The summed E-state index contributed by atoms with van der Waals surface area (Å²) in [4.78, 5) is 10.7. The van der Waals surface area contributed by atoms with E-state index in [1.54, 1.807) is 0 Å². The molecule has 0 fully saturated rings. The van der Waals surface area contributed by atoms with Gasteiger partial charge in [0, 0.05) is 6.92 Å². The molecule has 0 aliphatic rings. The summed E-state index contributed by atoms with van der Waals surface area (Å²) in [6.45, 7) is 3.50. The number of unbranched alkanes of at least 4 members (excludes halogenated alkanes) is 2. The molecule has 0 aliphatic carbocycles. The molecule has 0 spiro atoms. The number of rotatable bonds is 5. The van der Waals surface area contributed by atoms with Gasteiger partial charge in [-0.1, -0.05) is 24.9 Å². The van der Waals surface area contributed by atoms with E-state index < -0.39 is 0 Å². The fraction of sp³-hybridized carbons (Fsp3) is 0.750. The standard InChI is InChI=1S/C8H15NO2/c1-3-4-5-6-8(9-11)7(2)10/h11H,3-6H2,1-2H3/b9-8-. The lowest BCUT2D eigenvalue weighted by molar-refractivity contribution is -0.111. The van der Waals surface area contributed by atoms with Crippen molar-refractivity contribution in [1.29, 1.82) is 0 Å². The zero-order chi connectivity index (χ0) is 8.69. The molecule has 0 saturated carbocycles. The molecule has 0 aliphatic heterocycles. The number of carbonyl (C=O) groups excluding carboxylic acids is 1. The number of Topliss-reactive ketones (excluding diaryl/α,β-unsaturated/α-hetero) is 1. The fourth-order valence-electron chi connectivity index (χ4n) is 0.839. The molecule has 0 aromatic rings. The molecule has 1 N–H and O–H groups in total. The van der Waals surface area contributed by atoms with E-state index in [9.17, 15) is 4.79 Å². The van der Waals surface area contributed by atoms with E-state index >= 15 is 0 Å².